The van der Waals surface area contributed by atoms with Gasteiger partial charge in [-0.2, -0.15) is 0 Å². The average Bonchev–Trinajstić information content (AvgIpc) is 2.08. The van der Waals surface area contributed by atoms with E-state index >= 15 is 0 Å². The molecule has 0 spiro atoms. The molecule has 0 aliphatic heterocycles. The van der Waals surface area contributed by atoms with Crippen molar-refractivity contribution in [3.8, 4) is 0 Å². The number of benzene rings is 1. The molecule has 0 aromatic heterocycles. The average molecular weight is 308 g/mol. The van der Waals surface area contributed by atoms with E-state index in [1.165, 1.54) is 22.6 Å². The molecule has 0 unspecified atom stereocenters. The quantitative estimate of drug-likeness (QED) is 0.246. The number of hydrogen-bond acceptors (Lipinski definition) is 1. The summed E-state index contributed by atoms with van der Waals surface area (Å²) in [4.78, 5) is -0.939. The summed E-state index contributed by atoms with van der Waals surface area (Å²) >= 11 is 4.44. The molecule has 1 aromatic rings. The van der Waals surface area contributed by atoms with Crippen molar-refractivity contribution in [1.82, 2.24) is 0 Å². The van der Waals surface area contributed by atoms with Crippen LogP contribution in [0.15, 0.2) is 4.90 Å². The Morgan fingerprint density at radius 3 is 1.50 bits per heavy atom. The zero-order chi connectivity index (χ0) is 9.46. The largest absolute Gasteiger partial charge is 0.202 e. The minimum Gasteiger partial charge on any atom is -0.202 e. The molecule has 0 nitrogen and oxygen atoms in total. The fourth-order valence-corrected chi connectivity index (χ4v) is 1.26. The summed E-state index contributed by atoms with van der Waals surface area (Å²) in [6.07, 6.45) is 0. The molecule has 0 saturated heterocycles. The minimum atomic E-state index is -1.47. The van der Waals surface area contributed by atoms with Crippen LogP contribution in [-0.2, 0) is 0 Å². The first-order valence-electron chi connectivity index (χ1n) is 2.67. The fraction of sp³-hybridized carbons (Fsp3) is 0. The Kier molecular flexibility index (Phi) is 2.87. The fourth-order valence-electron chi connectivity index (χ4n) is 0.593. The van der Waals surface area contributed by atoms with Gasteiger partial charge < -0.3 is 0 Å². The Labute approximate surface area is 84.5 Å². The molecule has 1 rings (SSSR count). The third-order valence-electron chi connectivity index (χ3n) is 1.19. The minimum absolute atomic E-state index is 0.708. The number of hydrogen-bond donors (Lipinski definition) is 1. The predicted molar refractivity (Wildman–Crippen MR) is 46.2 cm³/mol. The molecule has 0 saturated carbocycles. The molecule has 0 heterocycles. The zero-order valence-corrected chi connectivity index (χ0v) is 8.39. The van der Waals surface area contributed by atoms with Gasteiger partial charge in [0.25, 0.3) is 0 Å². The van der Waals surface area contributed by atoms with Crippen molar-refractivity contribution in [2.45, 2.75) is 4.90 Å². The van der Waals surface area contributed by atoms with E-state index in [2.05, 4.69) is 12.6 Å². The maximum Gasteiger partial charge on any atom is 0.176 e. The predicted octanol–water partition coefficient (Wildman–Crippen LogP) is 3.14. The highest BCUT2D eigenvalue weighted by atomic mass is 127. The van der Waals surface area contributed by atoms with E-state index in [0.717, 1.165) is 0 Å². The van der Waals surface area contributed by atoms with Crippen LogP contribution in [0.4, 0.5) is 17.6 Å². The lowest BCUT2D eigenvalue weighted by atomic mass is 10.3. The summed E-state index contributed by atoms with van der Waals surface area (Å²) in [6.45, 7) is 0. The second-order valence-corrected chi connectivity index (χ2v) is 3.44. The van der Waals surface area contributed by atoms with Gasteiger partial charge in [0.2, 0.25) is 0 Å². The molecule has 0 aliphatic rings. The Hall–Kier alpha value is 0.0200. The van der Waals surface area contributed by atoms with Crippen molar-refractivity contribution in [2.24, 2.45) is 0 Å². The van der Waals surface area contributed by atoms with Crippen LogP contribution < -0.4 is 0 Å². The maximum atomic E-state index is 12.6. The summed E-state index contributed by atoms with van der Waals surface area (Å²) < 4.78 is 49.6. The van der Waals surface area contributed by atoms with Crippen LogP contribution in [0.25, 0.3) is 0 Å². The van der Waals surface area contributed by atoms with Gasteiger partial charge in [0, 0.05) is 0 Å². The first-order chi connectivity index (χ1) is 5.46. The topological polar surface area (TPSA) is 0 Å². The molecule has 66 valence electrons. The van der Waals surface area contributed by atoms with Crippen molar-refractivity contribution in [2.75, 3.05) is 0 Å². The summed E-state index contributed by atoms with van der Waals surface area (Å²) in [5.41, 5.74) is 0. The van der Waals surface area contributed by atoms with E-state index in [4.69, 9.17) is 0 Å². The second kappa shape index (κ2) is 3.41. The van der Waals surface area contributed by atoms with Gasteiger partial charge in [-0.15, -0.1) is 12.6 Å². The molecule has 0 aliphatic carbocycles. The molecular formula is C6HF4IS. The lowest BCUT2D eigenvalue weighted by molar-refractivity contribution is 0.419. The van der Waals surface area contributed by atoms with Crippen molar-refractivity contribution in [1.29, 1.82) is 0 Å². The van der Waals surface area contributed by atoms with Gasteiger partial charge in [-0.05, 0) is 22.6 Å². The third-order valence-corrected chi connectivity index (χ3v) is 2.53. The molecule has 0 fully saturated rings. The number of rotatable bonds is 0. The Bertz CT molecular complexity index is 234. The Balaban J connectivity index is 3.60. The van der Waals surface area contributed by atoms with Crippen molar-refractivity contribution in [3.63, 3.8) is 0 Å². The highest BCUT2D eigenvalue weighted by Gasteiger charge is 2.21. The molecule has 1 aromatic carbocycles. The lowest BCUT2D eigenvalue weighted by Crippen LogP contribution is -2.00. The van der Waals surface area contributed by atoms with Gasteiger partial charge >= 0.3 is 0 Å². The summed E-state index contributed by atoms with van der Waals surface area (Å²) in [7, 11) is 0. The molecule has 0 amide bonds. The summed E-state index contributed by atoms with van der Waals surface area (Å²) in [5, 5.41) is 0. The Morgan fingerprint density at radius 2 is 1.17 bits per heavy atom. The van der Waals surface area contributed by atoms with E-state index in [1.54, 1.807) is 0 Å². The van der Waals surface area contributed by atoms with Crippen LogP contribution in [0, 0.1) is 26.8 Å². The van der Waals surface area contributed by atoms with Crippen molar-refractivity contribution in [3.05, 3.63) is 26.8 Å². The van der Waals surface area contributed by atoms with Crippen LogP contribution >= 0.6 is 35.2 Å². The summed E-state index contributed by atoms with van der Waals surface area (Å²) in [6, 6.07) is 0. The van der Waals surface area contributed by atoms with E-state index in [-0.39, 0.29) is 0 Å². The Morgan fingerprint density at radius 1 is 0.833 bits per heavy atom. The van der Waals surface area contributed by atoms with E-state index in [0.29, 0.717) is 0 Å². The van der Waals surface area contributed by atoms with Crippen LogP contribution in [0.3, 0.4) is 0 Å². The van der Waals surface area contributed by atoms with Crippen LogP contribution in [0.5, 0.6) is 0 Å². The molecule has 0 radical (unpaired) electrons. The van der Waals surface area contributed by atoms with Crippen LogP contribution in [0.2, 0.25) is 0 Å². The van der Waals surface area contributed by atoms with Gasteiger partial charge in [0.1, 0.15) is 0 Å². The van der Waals surface area contributed by atoms with E-state index in [9.17, 15) is 17.6 Å². The molecule has 0 atom stereocenters. The number of thiol groups is 1. The van der Waals surface area contributed by atoms with Crippen LogP contribution in [-0.4, -0.2) is 0 Å². The first-order valence-corrected chi connectivity index (χ1v) is 4.19. The van der Waals surface area contributed by atoms with Crippen molar-refractivity contribution < 1.29 is 17.6 Å². The SMILES string of the molecule is Fc1c(F)c(I)c(F)c(F)c1S. The van der Waals surface area contributed by atoms with Crippen LogP contribution in [0.1, 0.15) is 0 Å². The molecule has 12 heavy (non-hydrogen) atoms. The molecular weight excluding hydrogens is 307 g/mol. The molecule has 0 bridgehead atoms. The smallest absolute Gasteiger partial charge is 0.176 e. The zero-order valence-electron chi connectivity index (χ0n) is 5.34. The summed E-state index contributed by atoms with van der Waals surface area (Å²) in [5.74, 6) is -5.78. The van der Waals surface area contributed by atoms with Gasteiger partial charge in [0.15, 0.2) is 23.3 Å². The third kappa shape index (κ3) is 1.41. The van der Waals surface area contributed by atoms with E-state index < -0.39 is 31.7 Å². The molecule has 6 heteroatoms. The van der Waals surface area contributed by atoms with E-state index in [1.807, 2.05) is 0 Å². The van der Waals surface area contributed by atoms with Gasteiger partial charge in [0.05, 0.1) is 8.47 Å². The number of halogens is 5. The van der Waals surface area contributed by atoms with Crippen molar-refractivity contribution >= 4 is 35.2 Å². The van der Waals surface area contributed by atoms with Gasteiger partial charge in [-0.25, -0.2) is 17.6 Å². The normalized spacial score (nSPS) is 10.5. The highest BCUT2D eigenvalue weighted by Crippen LogP contribution is 2.27. The monoisotopic (exact) mass is 308 g/mol. The van der Waals surface area contributed by atoms with Gasteiger partial charge in [-0.1, -0.05) is 0 Å². The highest BCUT2D eigenvalue weighted by molar-refractivity contribution is 14.1. The second-order valence-electron chi connectivity index (χ2n) is 1.92. The molecule has 0 N–H and O–H groups in total. The standard InChI is InChI=1S/C6HF4IS/c7-1-3(9)6(12)4(10)2(8)5(1)11/h12H. The first kappa shape index (κ1) is 10.1. The van der Waals surface area contributed by atoms with Gasteiger partial charge in [-0.3, -0.25) is 0 Å². The lowest BCUT2D eigenvalue weighted by Gasteiger charge is -2.02. The maximum absolute atomic E-state index is 12.6.